The smallest absolute Gasteiger partial charge is 0.0889 e. The Morgan fingerprint density at radius 3 is 2.67 bits per heavy atom. The molecule has 0 bridgehead atoms. The lowest BCUT2D eigenvalue weighted by Crippen LogP contribution is -2.49. The highest BCUT2D eigenvalue weighted by Crippen LogP contribution is 2.42. The van der Waals surface area contributed by atoms with E-state index in [4.69, 9.17) is 10.6 Å². The average molecular weight is 268 g/mol. The van der Waals surface area contributed by atoms with Crippen molar-refractivity contribution >= 4 is 11.3 Å². The lowest BCUT2D eigenvalue weighted by molar-refractivity contribution is -0.0913. The van der Waals surface area contributed by atoms with Gasteiger partial charge in [0.2, 0.25) is 0 Å². The Kier molecular flexibility index (Phi) is 4.78. The molecule has 1 saturated carbocycles. The molecule has 1 aromatic rings. The molecule has 18 heavy (non-hydrogen) atoms. The van der Waals surface area contributed by atoms with Crippen molar-refractivity contribution < 1.29 is 4.74 Å². The normalized spacial score (nSPS) is 20.8. The van der Waals surface area contributed by atoms with Crippen LogP contribution in [-0.4, -0.2) is 12.2 Å². The van der Waals surface area contributed by atoms with Crippen molar-refractivity contribution in [3.8, 4) is 0 Å². The summed E-state index contributed by atoms with van der Waals surface area (Å²) in [6.45, 7) is 4.98. The number of nitrogens with one attached hydrogen (secondary N) is 1. The summed E-state index contributed by atoms with van der Waals surface area (Å²) in [7, 11) is 0. The molecule has 1 aliphatic carbocycles. The highest BCUT2D eigenvalue weighted by Gasteiger charge is 2.41. The van der Waals surface area contributed by atoms with E-state index < -0.39 is 0 Å². The van der Waals surface area contributed by atoms with Gasteiger partial charge in [-0.15, -0.1) is 11.3 Å². The van der Waals surface area contributed by atoms with Crippen molar-refractivity contribution in [3.63, 3.8) is 0 Å². The van der Waals surface area contributed by atoms with Gasteiger partial charge >= 0.3 is 0 Å². The number of hydrazine groups is 1. The summed E-state index contributed by atoms with van der Waals surface area (Å²) in [4.78, 5) is 1.34. The molecule has 0 aromatic carbocycles. The first-order valence-electron chi connectivity index (χ1n) is 6.87. The minimum absolute atomic E-state index is 0.115. The molecule has 1 fully saturated rings. The maximum atomic E-state index is 6.16. The van der Waals surface area contributed by atoms with Crippen LogP contribution in [0.2, 0.25) is 0 Å². The Morgan fingerprint density at radius 2 is 2.17 bits per heavy atom. The predicted molar refractivity (Wildman–Crippen MR) is 76.6 cm³/mol. The molecule has 3 N–H and O–H groups in total. The lowest BCUT2D eigenvalue weighted by Gasteiger charge is -2.43. The molecule has 0 amide bonds. The lowest BCUT2D eigenvalue weighted by atomic mass is 9.77. The minimum atomic E-state index is -0.117. The number of nitrogens with two attached hydrogens (primary N) is 1. The fourth-order valence-electron chi connectivity index (χ4n) is 3.17. The van der Waals surface area contributed by atoms with E-state index in [1.54, 1.807) is 11.3 Å². The van der Waals surface area contributed by atoms with Gasteiger partial charge in [0.25, 0.3) is 0 Å². The molecule has 1 unspecified atom stereocenters. The zero-order valence-electron chi connectivity index (χ0n) is 11.4. The highest BCUT2D eigenvalue weighted by molar-refractivity contribution is 7.10. The first-order valence-corrected chi connectivity index (χ1v) is 7.75. The number of hydrogen-bond donors (Lipinski definition) is 2. The molecule has 1 aliphatic rings. The maximum absolute atomic E-state index is 6.16. The van der Waals surface area contributed by atoms with Crippen molar-refractivity contribution in [2.45, 2.75) is 57.6 Å². The summed E-state index contributed by atoms with van der Waals surface area (Å²) in [6, 6.07) is 2.30. The maximum Gasteiger partial charge on any atom is 0.0889 e. The Bertz CT molecular complexity index is 366. The van der Waals surface area contributed by atoms with Gasteiger partial charge in [-0.25, -0.2) is 0 Å². The van der Waals surface area contributed by atoms with Crippen LogP contribution in [0.25, 0.3) is 0 Å². The predicted octanol–water partition coefficient (Wildman–Crippen LogP) is 3.30. The van der Waals surface area contributed by atoms with Gasteiger partial charge in [0, 0.05) is 11.5 Å². The van der Waals surface area contributed by atoms with Crippen LogP contribution in [0.1, 0.15) is 55.5 Å². The third-order valence-corrected chi connectivity index (χ3v) is 4.90. The fraction of sp³-hybridized carbons (Fsp3) is 0.714. The summed E-state index contributed by atoms with van der Waals surface area (Å²) >= 11 is 1.78. The van der Waals surface area contributed by atoms with Crippen molar-refractivity contribution in [1.82, 2.24) is 5.43 Å². The first-order chi connectivity index (χ1) is 8.73. The van der Waals surface area contributed by atoms with Gasteiger partial charge in [-0.3, -0.25) is 11.3 Å². The molecule has 0 radical (unpaired) electrons. The Balaban J connectivity index is 2.29. The Labute approximate surface area is 114 Å². The van der Waals surface area contributed by atoms with E-state index >= 15 is 0 Å². The third-order valence-electron chi connectivity index (χ3n) is 4.03. The zero-order valence-corrected chi connectivity index (χ0v) is 12.2. The molecule has 1 aromatic heterocycles. The molecular weight excluding hydrogens is 244 g/mol. The fourth-order valence-corrected chi connectivity index (χ4v) is 3.91. The standard InChI is InChI=1S/C14H24N2OS/c1-3-17-14(8-5-4-6-9-14)13(16-15)12-7-10-18-11(12)2/h7,10,13,16H,3-6,8-9,15H2,1-2H3. The second kappa shape index (κ2) is 6.15. The quantitative estimate of drug-likeness (QED) is 0.636. The molecule has 2 rings (SSSR count). The average Bonchev–Trinajstić information content (AvgIpc) is 2.78. The zero-order chi connectivity index (χ0) is 13.0. The summed E-state index contributed by atoms with van der Waals surface area (Å²) in [5, 5.41) is 2.14. The molecule has 0 aliphatic heterocycles. The Morgan fingerprint density at radius 1 is 1.44 bits per heavy atom. The summed E-state index contributed by atoms with van der Waals surface area (Å²) in [6.07, 6.45) is 5.99. The number of ether oxygens (including phenoxy) is 1. The van der Waals surface area contributed by atoms with Gasteiger partial charge < -0.3 is 4.74 Å². The summed E-state index contributed by atoms with van der Waals surface area (Å²) in [5.74, 6) is 5.85. The molecule has 1 heterocycles. The minimum Gasteiger partial charge on any atom is -0.373 e. The van der Waals surface area contributed by atoms with Crippen molar-refractivity contribution in [2.24, 2.45) is 5.84 Å². The third kappa shape index (κ3) is 2.62. The SMILES string of the molecule is CCOC1(C(NN)c2ccsc2C)CCCCC1. The second-order valence-electron chi connectivity index (χ2n) is 5.09. The Hall–Kier alpha value is -0.420. The molecule has 0 saturated heterocycles. The van der Waals surface area contributed by atoms with Crippen molar-refractivity contribution in [1.29, 1.82) is 0 Å². The molecule has 3 nitrogen and oxygen atoms in total. The van der Waals surface area contributed by atoms with Crippen LogP contribution in [-0.2, 0) is 4.74 Å². The van der Waals surface area contributed by atoms with Crippen LogP contribution in [0.4, 0.5) is 0 Å². The molecule has 1 atom stereocenters. The van der Waals surface area contributed by atoms with Crippen molar-refractivity contribution in [2.75, 3.05) is 6.61 Å². The molecule has 4 heteroatoms. The monoisotopic (exact) mass is 268 g/mol. The van der Waals surface area contributed by atoms with E-state index in [2.05, 4.69) is 30.7 Å². The first kappa shape index (κ1) is 14.0. The molecular formula is C14H24N2OS. The van der Waals surface area contributed by atoms with Gasteiger partial charge in [0.1, 0.15) is 0 Å². The number of rotatable bonds is 5. The van der Waals surface area contributed by atoms with Crippen LogP contribution in [0.15, 0.2) is 11.4 Å². The van der Waals surface area contributed by atoms with Gasteiger partial charge in [-0.2, -0.15) is 0 Å². The van der Waals surface area contributed by atoms with Crippen LogP contribution < -0.4 is 11.3 Å². The van der Waals surface area contributed by atoms with Gasteiger partial charge in [0.05, 0.1) is 11.6 Å². The molecule has 0 spiro atoms. The van der Waals surface area contributed by atoms with E-state index in [-0.39, 0.29) is 11.6 Å². The number of hydrogen-bond acceptors (Lipinski definition) is 4. The van der Waals surface area contributed by atoms with E-state index in [1.165, 1.54) is 29.7 Å². The van der Waals surface area contributed by atoms with Gasteiger partial charge in [-0.1, -0.05) is 19.3 Å². The highest BCUT2D eigenvalue weighted by atomic mass is 32.1. The van der Waals surface area contributed by atoms with E-state index in [9.17, 15) is 0 Å². The van der Waals surface area contributed by atoms with E-state index in [0.717, 1.165) is 19.4 Å². The summed E-state index contributed by atoms with van der Waals surface area (Å²) < 4.78 is 6.16. The largest absolute Gasteiger partial charge is 0.373 e. The van der Waals surface area contributed by atoms with Crippen LogP contribution in [0.3, 0.4) is 0 Å². The van der Waals surface area contributed by atoms with E-state index in [0.29, 0.717) is 0 Å². The van der Waals surface area contributed by atoms with Gasteiger partial charge in [0.15, 0.2) is 0 Å². The van der Waals surface area contributed by atoms with E-state index in [1.807, 2.05) is 0 Å². The number of aryl methyl sites for hydroxylation is 1. The number of thiophene rings is 1. The summed E-state index contributed by atoms with van der Waals surface area (Å²) in [5.41, 5.74) is 4.21. The van der Waals surface area contributed by atoms with Crippen LogP contribution in [0.5, 0.6) is 0 Å². The van der Waals surface area contributed by atoms with Gasteiger partial charge in [-0.05, 0) is 43.7 Å². The van der Waals surface area contributed by atoms with Crippen molar-refractivity contribution in [3.05, 3.63) is 21.9 Å². The van der Waals surface area contributed by atoms with Crippen LogP contribution >= 0.6 is 11.3 Å². The molecule has 102 valence electrons. The second-order valence-corrected chi connectivity index (χ2v) is 6.21. The topological polar surface area (TPSA) is 47.3 Å². The van der Waals surface area contributed by atoms with Crippen LogP contribution in [0, 0.1) is 6.92 Å².